The summed E-state index contributed by atoms with van der Waals surface area (Å²) in [5, 5.41) is 8.65. The van der Waals surface area contributed by atoms with E-state index in [1.165, 1.54) is 4.31 Å². The van der Waals surface area contributed by atoms with Crippen LogP contribution in [0.15, 0.2) is 30.3 Å². The van der Waals surface area contributed by atoms with E-state index in [0.717, 1.165) is 11.3 Å². The summed E-state index contributed by atoms with van der Waals surface area (Å²) in [5.74, 6) is 1.66. The summed E-state index contributed by atoms with van der Waals surface area (Å²) in [6, 6.07) is 8.90. The fourth-order valence-corrected chi connectivity index (χ4v) is 4.93. The van der Waals surface area contributed by atoms with E-state index < -0.39 is 10.2 Å². The third-order valence-electron chi connectivity index (χ3n) is 5.71. The lowest BCUT2D eigenvalue weighted by atomic mass is 10.0. The number of methoxy groups -OCH3 is 1. The predicted molar refractivity (Wildman–Crippen MR) is 137 cm³/mol. The number of carbonyl (C=O) groups excluding carboxylic acids is 1. The highest BCUT2D eigenvalue weighted by atomic mass is 35.5. The van der Waals surface area contributed by atoms with Gasteiger partial charge >= 0.3 is 0 Å². The van der Waals surface area contributed by atoms with Crippen molar-refractivity contribution in [2.45, 2.75) is 26.3 Å². The van der Waals surface area contributed by atoms with Crippen LogP contribution in [0.2, 0.25) is 10.0 Å². The molecule has 1 heterocycles. The van der Waals surface area contributed by atoms with E-state index in [1.54, 1.807) is 25.3 Å². The zero-order valence-corrected chi connectivity index (χ0v) is 22.2. The minimum atomic E-state index is -3.71. The van der Waals surface area contributed by atoms with Crippen molar-refractivity contribution in [3.8, 4) is 17.2 Å². The molecule has 0 radical (unpaired) electrons. The van der Waals surface area contributed by atoms with Crippen LogP contribution >= 0.6 is 23.2 Å². The van der Waals surface area contributed by atoms with E-state index in [1.807, 2.05) is 17.0 Å². The topological polar surface area (TPSA) is 114 Å². The Hall–Kier alpha value is -2.08. The summed E-state index contributed by atoms with van der Waals surface area (Å²) >= 11 is 13.0. The number of ether oxygens (including phenoxy) is 2. The van der Waals surface area contributed by atoms with E-state index in [0.29, 0.717) is 40.2 Å². The number of halogens is 2. The van der Waals surface area contributed by atoms with E-state index in [4.69, 9.17) is 37.8 Å². The first-order chi connectivity index (χ1) is 16.5. The molecule has 0 bridgehead atoms. The Labute approximate surface area is 216 Å². The van der Waals surface area contributed by atoms with Gasteiger partial charge in [0.15, 0.2) is 5.75 Å². The molecule has 2 aromatic carbocycles. The van der Waals surface area contributed by atoms with E-state index >= 15 is 0 Å². The summed E-state index contributed by atoms with van der Waals surface area (Å²) in [4.78, 5) is 14.3. The highest BCUT2D eigenvalue weighted by molar-refractivity contribution is 7.86. The van der Waals surface area contributed by atoms with Crippen molar-refractivity contribution in [1.29, 1.82) is 0 Å². The van der Waals surface area contributed by atoms with Gasteiger partial charge in [0, 0.05) is 38.3 Å². The second-order valence-electron chi connectivity index (χ2n) is 8.51. The molecule has 3 N–H and O–H groups in total. The first-order valence-electron chi connectivity index (χ1n) is 11.1. The second-order valence-corrected chi connectivity index (χ2v) is 10.8. The maximum atomic E-state index is 12.5. The Kier molecular flexibility index (Phi) is 9.25. The molecule has 1 saturated heterocycles. The van der Waals surface area contributed by atoms with E-state index in [2.05, 4.69) is 19.2 Å². The number of piperazine rings is 1. The van der Waals surface area contributed by atoms with E-state index in [9.17, 15) is 13.2 Å². The van der Waals surface area contributed by atoms with Gasteiger partial charge < -0.3 is 14.8 Å². The van der Waals surface area contributed by atoms with Gasteiger partial charge in [-0.25, -0.2) is 5.14 Å². The molecule has 192 valence electrons. The lowest BCUT2D eigenvalue weighted by molar-refractivity contribution is -0.122. The van der Waals surface area contributed by atoms with Gasteiger partial charge in [-0.15, -0.1) is 0 Å². The normalized spacial score (nSPS) is 15.3. The molecule has 1 fully saturated rings. The van der Waals surface area contributed by atoms with E-state index in [-0.39, 0.29) is 38.0 Å². The molecule has 9 nitrogen and oxygen atoms in total. The summed E-state index contributed by atoms with van der Waals surface area (Å²) in [6.07, 6.45) is 0. The lowest BCUT2D eigenvalue weighted by Crippen LogP contribution is -2.52. The summed E-state index contributed by atoms with van der Waals surface area (Å²) in [5.41, 5.74) is 1.64. The van der Waals surface area contributed by atoms with Crippen LogP contribution in [0.4, 0.5) is 0 Å². The fraction of sp³-hybridized carbons (Fsp3) is 0.435. The first kappa shape index (κ1) is 27.5. The minimum absolute atomic E-state index is 0.136. The smallest absolute Gasteiger partial charge is 0.276 e. The molecule has 0 unspecified atom stereocenters. The molecule has 1 amide bonds. The van der Waals surface area contributed by atoms with Crippen molar-refractivity contribution >= 4 is 39.3 Å². The zero-order chi connectivity index (χ0) is 25.8. The number of benzene rings is 2. The Bertz CT molecular complexity index is 1170. The largest absolute Gasteiger partial charge is 0.496 e. The fourth-order valence-electron chi connectivity index (χ4n) is 3.74. The summed E-state index contributed by atoms with van der Waals surface area (Å²) in [6.45, 7) is 5.78. The summed E-state index contributed by atoms with van der Waals surface area (Å²) in [7, 11) is -2.08. The Morgan fingerprint density at radius 2 is 1.83 bits per heavy atom. The SMILES string of the molecule is COc1ccc(Oc2c(Cl)ccc(CNC(=O)CN3CCN(S(N)(=O)=O)CC3)c2Cl)cc1C(C)C. The van der Waals surface area contributed by atoms with Gasteiger partial charge in [0.2, 0.25) is 5.91 Å². The monoisotopic (exact) mass is 544 g/mol. The predicted octanol–water partition coefficient (Wildman–Crippen LogP) is 3.36. The molecule has 0 aliphatic carbocycles. The van der Waals surface area contributed by atoms with Crippen molar-refractivity contribution in [3.05, 3.63) is 51.5 Å². The molecule has 12 heteroatoms. The number of amides is 1. The Morgan fingerprint density at radius 1 is 1.14 bits per heavy atom. The molecule has 0 spiro atoms. The van der Waals surface area contributed by atoms with Crippen molar-refractivity contribution in [2.75, 3.05) is 39.8 Å². The zero-order valence-electron chi connectivity index (χ0n) is 19.9. The van der Waals surface area contributed by atoms with Crippen molar-refractivity contribution in [3.63, 3.8) is 0 Å². The van der Waals surface area contributed by atoms with Crippen LogP contribution in [0.25, 0.3) is 0 Å². The Morgan fingerprint density at radius 3 is 2.43 bits per heavy atom. The number of carbonyl (C=O) groups is 1. The molecule has 0 atom stereocenters. The minimum Gasteiger partial charge on any atom is -0.496 e. The van der Waals surface area contributed by atoms with Crippen LogP contribution in [-0.4, -0.2) is 63.4 Å². The number of hydrogen-bond acceptors (Lipinski definition) is 6. The second kappa shape index (κ2) is 11.8. The number of rotatable bonds is 9. The van der Waals surface area contributed by atoms with Crippen LogP contribution in [-0.2, 0) is 21.5 Å². The van der Waals surface area contributed by atoms with Gasteiger partial charge in [0.1, 0.15) is 11.5 Å². The van der Waals surface area contributed by atoms with Gasteiger partial charge in [-0.2, -0.15) is 12.7 Å². The van der Waals surface area contributed by atoms with Crippen LogP contribution in [0, 0.1) is 0 Å². The number of nitrogens with one attached hydrogen (secondary N) is 1. The number of hydrogen-bond donors (Lipinski definition) is 2. The molecular formula is C23H30Cl2N4O5S. The van der Waals surface area contributed by atoms with Crippen LogP contribution in [0.1, 0.15) is 30.9 Å². The van der Waals surface area contributed by atoms with Crippen LogP contribution in [0.3, 0.4) is 0 Å². The van der Waals surface area contributed by atoms with Gasteiger partial charge in [-0.05, 0) is 35.7 Å². The average molecular weight is 545 g/mol. The molecule has 1 aliphatic heterocycles. The van der Waals surface area contributed by atoms with Gasteiger partial charge in [0.25, 0.3) is 10.2 Å². The van der Waals surface area contributed by atoms with Crippen molar-refractivity contribution in [1.82, 2.24) is 14.5 Å². The molecule has 2 aromatic rings. The van der Waals surface area contributed by atoms with Crippen molar-refractivity contribution in [2.24, 2.45) is 5.14 Å². The molecular weight excluding hydrogens is 515 g/mol. The van der Waals surface area contributed by atoms with Gasteiger partial charge in [-0.1, -0.05) is 43.1 Å². The first-order valence-corrected chi connectivity index (χ1v) is 13.3. The van der Waals surface area contributed by atoms with Crippen LogP contribution < -0.4 is 19.9 Å². The third-order valence-corrected chi connectivity index (χ3v) is 7.50. The number of nitrogens with two attached hydrogens (primary N) is 1. The van der Waals surface area contributed by atoms with Gasteiger partial charge in [0.05, 0.1) is 23.7 Å². The maximum Gasteiger partial charge on any atom is 0.276 e. The van der Waals surface area contributed by atoms with Gasteiger partial charge in [-0.3, -0.25) is 9.69 Å². The Balaban J connectivity index is 1.63. The van der Waals surface area contributed by atoms with Crippen molar-refractivity contribution < 1.29 is 22.7 Å². The molecule has 0 saturated carbocycles. The molecule has 35 heavy (non-hydrogen) atoms. The lowest BCUT2D eigenvalue weighted by Gasteiger charge is -2.32. The molecule has 1 aliphatic rings. The highest BCUT2D eigenvalue weighted by Gasteiger charge is 2.25. The third kappa shape index (κ3) is 7.22. The standard InChI is InChI=1S/C23H30Cl2N4O5S/c1-15(2)18-12-17(5-7-20(18)33-3)34-23-19(24)6-4-16(22(23)25)13-27-21(30)14-28-8-10-29(11-9-28)35(26,31)32/h4-7,12,15H,8-11,13-14H2,1-3H3,(H,27,30)(H2,26,31,32). The highest BCUT2D eigenvalue weighted by Crippen LogP contribution is 2.40. The molecule has 0 aromatic heterocycles. The molecule has 3 rings (SSSR count). The maximum absolute atomic E-state index is 12.5. The number of nitrogens with zero attached hydrogens (tertiary/aromatic N) is 2. The summed E-state index contributed by atoms with van der Waals surface area (Å²) < 4.78 is 35.5. The van der Waals surface area contributed by atoms with Crippen LogP contribution in [0.5, 0.6) is 17.2 Å². The quantitative estimate of drug-likeness (QED) is 0.500. The average Bonchev–Trinajstić information content (AvgIpc) is 2.80.